The maximum Gasteiger partial charge on any atom is 0.326 e. The molecule has 0 fully saturated rings. The Morgan fingerprint density at radius 3 is 2.30 bits per heavy atom. The number of aromatic nitrogens is 1. The fraction of sp³-hybridized carbons (Fsp3) is 0.0833. The van der Waals surface area contributed by atoms with E-state index in [1.54, 1.807) is 80.9 Å². The van der Waals surface area contributed by atoms with Crippen LogP contribution in [0.3, 0.4) is 0 Å². The number of thiazole rings is 1. The standard InChI is InChI=1S/C24H18N4O4S/c1-27(15-8-10-16(32-2)11-9-15)23(31)25-14-7-12-19-20(13-14)33-24(26-19)28-21(29)17-5-3-4-6-18(17)22(28)30/h3-13H,1-2H3,(H,25,31). The van der Waals surface area contributed by atoms with E-state index in [1.165, 1.54) is 16.2 Å². The summed E-state index contributed by atoms with van der Waals surface area (Å²) in [6.07, 6.45) is 0. The normalized spacial score (nSPS) is 12.7. The van der Waals surface area contributed by atoms with E-state index in [0.29, 0.717) is 38.9 Å². The number of carbonyl (C=O) groups excluding carboxylic acids is 3. The Kier molecular flexibility index (Phi) is 5.02. The van der Waals surface area contributed by atoms with Crippen LogP contribution in [-0.2, 0) is 0 Å². The average Bonchev–Trinajstić information content (AvgIpc) is 3.36. The zero-order valence-corrected chi connectivity index (χ0v) is 18.6. The first-order valence-electron chi connectivity index (χ1n) is 10.0. The molecule has 0 saturated heterocycles. The first-order valence-corrected chi connectivity index (χ1v) is 10.8. The molecular formula is C24H18N4O4S. The Labute approximate surface area is 193 Å². The number of amides is 4. The lowest BCUT2D eigenvalue weighted by atomic mass is 10.1. The second kappa shape index (κ2) is 8.03. The van der Waals surface area contributed by atoms with Gasteiger partial charge in [-0.1, -0.05) is 23.5 Å². The topological polar surface area (TPSA) is 91.8 Å². The van der Waals surface area contributed by atoms with Gasteiger partial charge < -0.3 is 10.1 Å². The lowest BCUT2D eigenvalue weighted by molar-refractivity contribution is 0.0926. The number of imide groups is 1. The third-order valence-electron chi connectivity index (χ3n) is 5.38. The largest absolute Gasteiger partial charge is 0.497 e. The van der Waals surface area contributed by atoms with Gasteiger partial charge in [-0.05, 0) is 54.6 Å². The Bertz CT molecular complexity index is 1380. The molecule has 0 atom stereocenters. The van der Waals surface area contributed by atoms with E-state index in [2.05, 4.69) is 10.3 Å². The quantitative estimate of drug-likeness (QED) is 0.445. The van der Waals surface area contributed by atoms with E-state index >= 15 is 0 Å². The summed E-state index contributed by atoms with van der Waals surface area (Å²) >= 11 is 1.22. The maximum absolute atomic E-state index is 12.7. The molecule has 0 unspecified atom stereocenters. The highest BCUT2D eigenvalue weighted by atomic mass is 32.1. The third-order valence-corrected chi connectivity index (χ3v) is 6.38. The van der Waals surface area contributed by atoms with Crippen molar-refractivity contribution in [3.8, 4) is 5.75 Å². The third kappa shape index (κ3) is 3.58. The van der Waals surface area contributed by atoms with Gasteiger partial charge in [-0.3, -0.25) is 14.5 Å². The summed E-state index contributed by atoms with van der Waals surface area (Å²) < 4.78 is 5.89. The van der Waals surface area contributed by atoms with Gasteiger partial charge >= 0.3 is 6.03 Å². The molecule has 5 rings (SSSR count). The van der Waals surface area contributed by atoms with Crippen molar-refractivity contribution in [3.63, 3.8) is 0 Å². The van der Waals surface area contributed by atoms with Gasteiger partial charge in [0.2, 0.25) is 5.13 Å². The molecule has 0 radical (unpaired) electrons. The molecule has 2 heterocycles. The lowest BCUT2D eigenvalue weighted by Gasteiger charge is -2.18. The summed E-state index contributed by atoms with van der Waals surface area (Å²) in [7, 11) is 3.25. The number of hydrogen-bond donors (Lipinski definition) is 1. The molecule has 1 aromatic heterocycles. The predicted octanol–water partition coefficient (Wildman–Crippen LogP) is 4.77. The van der Waals surface area contributed by atoms with E-state index < -0.39 is 0 Å². The molecule has 33 heavy (non-hydrogen) atoms. The second-order valence-electron chi connectivity index (χ2n) is 7.36. The molecule has 1 N–H and O–H groups in total. The fourth-order valence-corrected chi connectivity index (χ4v) is 4.58. The minimum absolute atomic E-state index is 0.301. The highest BCUT2D eigenvalue weighted by Gasteiger charge is 2.38. The Morgan fingerprint density at radius 1 is 1.00 bits per heavy atom. The lowest BCUT2D eigenvalue weighted by Crippen LogP contribution is -2.31. The van der Waals surface area contributed by atoms with Gasteiger partial charge in [-0.15, -0.1) is 0 Å². The van der Waals surface area contributed by atoms with Gasteiger partial charge in [0.05, 0.1) is 28.5 Å². The summed E-state index contributed by atoms with van der Waals surface area (Å²) in [6.45, 7) is 0. The minimum Gasteiger partial charge on any atom is -0.497 e. The Morgan fingerprint density at radius 2 is 1.67 bits per heavy atom. The highest BCUT2D eigenvalue weighted by Crippen LogP contribution is 2.35. The van der Waals surface area contributed by atoms with Crippen molar-refractivity contribution in [1.82, 2.24) is 4.98 Å². The average molecular weight is 458 g/mol. The molecule has 1 aliphatic rings. The first kappa shape index (κ1) is 20.7. The molecule has 164 valence electrons. The number of methoxy groups -OCH3 is 1. The van der Waals surface area contributed by atoms with E-state index in [0.717, 1.165) is 9.60 Å². The van der Waals surface area contributed by atoms with Gasteiger partial charge in [-0.2, -0.15) is 0 Å². The van der Waals surface area contributed by atoms with Crippen molar-refractivity contribution in [2.45, 2.75) is 0 Å². The molecule has 8 nitrogen and oxygen atoms in total. The molecule has 4 amide bonds. The van der Waals surface area contributed by atoms with Crippen LogP contribution in [-0.4, -0.2) is 37.0 Å². The summed E-state index contributed by atoms with van der Waals surface area (Å²) in [4.78, 5) is 45.3. The SMILES string of the molecule is COc1ccc(N(C)C(=O)Nc2ccc3nc(N4C(=O)c5ccccc5C4=O)sc3c2)cc1. The van der Waals surface area contributed by atoms with E-state index in [1.807, 2.05) is 0 Å². The van der Waals surface area contributed by atoms with Crippen LogP contribution in [0.4, 0.5) is 21.3 Å². The van der Waals surface area contributed by atoms with E-state index in [-0.39, 0.29) is 17.8 Å². The molecule has 3 aromatic carbocycles. The van der Waals surface area contributed by atoms with E-state index in [4.69, 9.17) is 4.74 Å². The van der Waals surface area contributed by atoms with Gasteiger partial charge in [0.1, 0.15) is 5.75 Å². The molecule has 0 spiro atoms. The number of nitrogens with one attached hydrogen (secondary N) is 1. The minimum atomic E-state index is -0.385. The van der Waals surface area contributed by atoms with Crippen LogP contribution < -0.4 is 19.9 Å². The fourth-order valence-electron chi connectivity index (χ4n) is 3.58. The zero-order chi connectivity index (χ0) is 23.1. The van der Waals surface area contributed by atoms with Crippen molar-refractivity contribution in [1.29, 1.82) is 0 Å². The van der Waals surface area contributed by atoms with Crippen LogP contribution in [0.5, 0.6) is 5.75 Å². The summed E-state index contributed by atoms with van der Waals surface area (Å²) in [6, 6.07) is 18.8. The van der Waals surface area contributed by atoms with Crippen LogP contribution in [0.1, 0.15) is 20.7 Å². The number of hydrogen-bond acceptors (Lipinski definition) is 6. The molecule has 9 heteroatoms. The number of carbonyl (C=O) groups is 3. The van der Waals surface area contributed by atoms with Crippen LogP contribution >= 0.6 is 11.3 Å². The van der Waals surface area contributed by atoms with Crippen LogP contribution in [0.2, 0.25) is 0 Å². The predicted molar refractivity (Wildman–Crippen MR) is 128 cm³/mol. The van der Waals surface area contributed by atoms with Crippen molar-refractivity contribution in [2.24, 2.45) is 0 Å². The van der Waals surface area contributed by atoms with Crippen LogP contribution in [0.15, 0.2) is 66.7 Å². The second-order valence-corrected chi connectivity index (χ2v) is 8.37. The maximum atomic E-state index is 12.7. The monoisotopic (exact) mass is 458 g/mol. The van der Waals surface area contributed by atoms with Crippen molar-refractivity contribution >= 4 is 55.9 Å². The number of nitrogens with zero attached hydrogens (tertiary/aromatic N) is 3. The van der Waals surface area contributed by atoms with Gasteiger partial charge in [0.15, 0.2) is 0 Å². The molecule has 1 aliphatic heterocycles. The number of rotatable bonds is 4. The summed E-state index contributed by atoms with van der Waals surface area (Å²) in [5, 5.41) is 3.16. The highest BCUT2D eigenvalue weighted by molar-refractivity contribution is 7.22. The smallest absolute Gasteiger partial charge is 0.326 e. The van der Waals surface area contributed by atoms with Crippen molar-refractivity contribution in [2.75, 3.05) is 29.3 Å². The first-order chi connectivity index (χ1) is 16.0. The molecule has 0 aliphatic carbocycles. The Balaban J connectivity index is 1.37. The number of benzene rings is 3. The Hall–Kier alpha value is -4.24. The summed E-state index contributed by atoms with van der Waals surface area (Å²) in [5.41, 5.74) is 2.66. The molecule has 4 aromatic rings. The van der Waals surface area contributed by atoms with E-state index in [9.17, 15) is 14.4 Å². The number of ether oxygens (including phenoxy) is 1. The number of fused-ring (bicyclic) bond motifs is 2. The van der Waals surface area contributed by atoms with Gasteiger partial charge in [-0.25, -0.2) is 14.7 Å². The number of urea groups is 1. The summed E-state index contributed by atoms with van der Waals surface area (Å²) in [5.74, 6) is -0.0642. The zero-order valence-electron chi connectivity index (χ0n) is 17.7. The number of anilines is 3. The molecule has 0 bridgehead atoms. The van der Waals surface area contributed by atoms with Crippen LogP contribution in [0, 0.1) is 0 Å². The van der Waals surface area contributed by atoms with Crippen LogP contribution in [0.25, 0.3) is 10.2 Å². The van der Waals surface area contributed by atoms with Gasteiger partial charge in [0, 0.05) is 18.4 Å². The van der Waals surface area contributed by atoms with Gasteiger partial charge in [0.25, 0.3) is 11.8 Å². The molecular weight excluding hydrogens is 440 g/mol. The molecule has 0 saturated carbocycles. The van der Waals surface area contributed by atoms with Crippen molar-refractivity contribution in [3.05, 3.63) is 77.9 Å². The van der Waals surface area contributed by atoms with Crippen molar-refractivity contribution < 1.29 is 19.1 Å².